The predicted octanol–water partition coefficient (Wildman–Crippen LogP) is 2.99. The predicted molar refractivity (Wildman–Crippen MR) is 97.7 cm³/mol. The molecule has 0 radical (unpaired) electrons. The van der Waals surface area contributed by atoms with Crippen LogP contribution < -0.4 is 5.32 Å². The lowest BCUT2D eigenvalue weighted by Gasteiger charge is -2.44. The van der Waals surface area contributed by atoms with Gasteiger partial charge in [0.15, 0.2) is 0 Å². The van der Waals surface area contributed by atoms with Crippen LogP contribution in [0.25, 0.3) is 0 Å². The van der Waals surface area contributed by atoms with Crippen molar-refractivity contribution in [3.8, 4) is 0 Å². The Morgan fingerprint density at radius 2 is 1.88 bits per heavy atom. The topological polar surface area (TPSA) is 92.6 Å². The number of quaternary nitrogens is 1. The summed E-state index contributed by atoms with van der Waals surface area (Å²) in [6.07, 6.45) is 11.0. The van der Waals surface area contributed by atoms with Gasteiger partial charge in [0.2, 0.25) is 0 Å². The van der Waals surface area contributed by atoms with Crippen molar-refractivity contribution in [2.75, 3.05) is 19.8 Å². The van der Waals surface area contributed by atoms with E-state index in [0.717, 1.165) is 51.5 Å². The van der Waals surface area contributed by atoms with Gasteiger partial charge in [0.1, 0.15) is 12.7 Å². The van der Waals surface area contributed by atoms with Crippen molar-refractivity contribution in [3.63, 3.8) is 0 Å². The minimum absolute atomic E-state index is 0.0815. The van der Waals surface area contributed by atoms with E-state index in [-0.39, 0.29) is 23.2 Å². The zero-order valence-corrected chi connectivity index (χ0v) is 15.5. The summed E-state index contributed by atoms with van der Waals surface area (Å²) < 4.78 is -0.209. The number of carboxylic acids is 1. The van der Waals surface area contributed by atoms with E-state index in [2.05, 4.69) is 5.32 Å². The number of nitrogens with zero attached hydrogens (tertiary/aromatic N) is 1. The Morgan fingerprint density at radius 3 is 2.60 bits per heavy atom. The molecule has 2 aliphatic rings. The molecule has 146 valence electrons. The maximum absolute atomic E-state index is 13.1. The summed E-state index contributed by atoms with van der Waals surface area (Å²) in [5.74, 6) is -0.338. The van der Waals surface area contributed by atoms with Crippen LogP contribution in [0.5, 0.6) is 0 Å². The van der Waals surface area contributed by atoms with E-state index in [1.165, 1.54) is 19.3 Å². The van der Waals surface area contributed by atoms with Gasteiger partial charge in [-0.15, -0.1) is 0 Å². The van der Waals surface area contributed by atoms with Gasteiger partial charge in [0.25, 0.3) is 0 Å². The van der Waals surface area contributed by atoms with Gasteiger partial charge in [0.05, 0.1) is 19.2 Å². The Bertz CT molecular complexity index is 401. The molecule has 1 aliphatic heterocycles. The van der Waals surface area contributed by atoms with Gasteiger partial charge in [-0.3, -0.25) is 10.1 Å². The van der Waals surface area contributed by atoms with Crippen LogP contribution in [0.4, 0.5) is 0 Å². The Kier molecular flexibility index (Phi) is 8.62. The molecule has 1 saturated carbocycles. The summed E-state index contributed by atoms with van der Waals surface area (Å²) in [4.78, 5) is 10.5. The quantitative estimate of drug-likeness (QED) is 0.301. The standard InChI is InChI=1S/C19H36N2O4/c22-18(16-8-4-3-5-9-16)12-13-21(25)15-20-14-17(21)10-6-1-2-7-11-19(23)24/h16-18,20,22H,1-15H2,(H,23,24). The second kappa shape index (κ2) is 10.5. The van der Waals surface area contributed by atoms with E-state index >= 15 is 0 Å². The van der Waals surface area contributed by atoms with Crippen LogP contribution in [0.15, 0.2) is 0 Å². The number of hydroxylamine groups is 3. The SMILES string of the molecule is O=C(O)CCCCCCC1CNC[N+]1([O-])CCC(O)C1CCCCC1. The number of hydrogen-bond acceptors (Lipinski definition) is 4. The minimum atomic E-state index is -0.730. The molecule has 3 atom stereocenters. The molecule has 2 rings (SSSR count). The first-order valence-corrected chi connectivity index (χ1v) is 10.2. The molecule has 1 heterocycles. The number of carbonyl (C=O) groups is 1. The van der Waals surface area contributed by atoms with Crippen LogP contribution in [-0.4, -0.2) is 52.7 Å². The maximum atomic E-state index is 13.1. The molecule has 1 aliphatic carbocycles. The molecule has 0 amide bonds. The zero-order valence-electron chi connectivity index (χ0n) is 15.5. The van der Waals surface area contributed by atoms with E-state index < -0.39 is 5.97 Å². The van der Waals surface area contributed by atoms with Crippen LogP contribution in [-0.2, 0) is 4.79 Å². The monoisotopic (exact) mass is 356 g/mol. The molecule has 25 heavy (non-hydrogen) atoms. The Hall–Kier alpha value is -0.690. The van der Waals surface area contributed by atoms with Gasteiger partial charge in [-0.05, 0) is 31.6 Å². The van der Waals surface area contributed by atoms with Crippen molar-refractivity contribution in [1.82, 2.24) is 5.32 Å². The molecular weight excluding hydrogens is 320 g/mol. The smallest absolute Gasteiger partial charge is 0.303 e. The van der Waals surface area contributed by atoms with Crippen molar-refractivity contribution in [3.05, 3.63) is 5.21 Å². The Morgan fingerprint density at radius 1 is 1.16 bits per heavy atom. The molecule has 0 spiro atoms. The van der Waals surface area contributed by atoms with Gasteiger partial charge in [-0.25, -0.2) is 0 Å². The maximum Gasteiger partial charge on any atom is 0.303 e. The molecule has 0 bridgehead atoms. The second-order valence-electron chi connectivity index (χ2n) is 8.04. The van der Waals surface area contributed by atoms with E-state index in [0.29, 0.717) is 25.6 Å². The van der Waals surface area contributed by atoms with Crippen molar-refractivity contribution in [2.45, 2.75) is 89.2 Å². The number of aliphatic hydroxyl groups is 1. The number of unbranched alkanes of at least 4 members (excludes halogenated alkanes) is 3. The van der Waals surface area contributed by atoms with Gasteiger partial charge >= 0.3 is 5.97 Å². The van der Waals surface area contributed by atoms with Crippen molar-refractivity contribution in [2.24, 2.45) is 5.92 Å². The second-order valence-corrected chi connectivity index (χ2v) is 8.04. The summed E-state index contributed by atoms with van der Waals surface area (Å²) >= 11 is 0. The molecule has 0 aromatic heterocycles. The molecule has 0 aromatic carbocycles. The van der Waals surface area contributed by atoms with Gasteiger partial charge < -0.3 is 20.1 Å². The fraction of sp³-hybridized carbons (Fsp3) is 0.947. The number of carboxylic acid groups (broad SMARTS) is 1. The van der Waals surface area contributed by atoms with Gasteiger partial charge in [0, 0.05) is 19.3 Å². The lowest BCUT2D eigenvalue weighted by atomic mass is 9.84. The molecule has 0 aromatic rings. The number of rotatable bonds is 11. The van der Waals surface area contributed by atoms with Crippen LogP contribution >= 0.6 is 0 Å². The van der Waals surface area contributed by atoms with Crippen LogP contribution in [0.2, 0.25) is 0 Å². The summed E-state index contributed by atoms with van der Waals surface area (Å²) in [7, 11) is 0. The van der Waals surface area contributed by atoms with E-state index in [1.807, 2.05) is 0 Å². The van der Waals surface area contributed by atoms with Crippen molar-refractivity contribution >= 4 is 5.97 Å². The average Bonchev–Trinajstić information content (AvgIpc) is 2.97. The molecule has 6 heteroatoms. The number of hydrogen-bond donors (Lipinski definition) is 3. The summed E-state index contributed by atoms with van der Waals surface area (Å²) in [6, 6.07) is 0.0815. The number of nitrogens with one attached hydrogen (secondary N) is 1. The van der Waals surface area contributed by atoms with Crippen LogP contribution in [0.1, 0.15) is 77.0 Å². The lowest BCUT2D eigenvalue weighted by Crippen LogP contribution is -2.49. The summed E-state index contributed by atoms with van der Waals surface area (Å²) in [6.45, 7) is 1.73. The largest absolute Gasteiger partial charge is 0.632 e. The third kappa shape index (κ3) is 6.85. The lowest BCUT2D eigenvalue weighted by molar-refractivity contribution is -0.893. The number of aliphatic hydroxyl groups excluding tert-OH is 1. The third-order valence-corrected chi connectivity index (χ3v) is 6.10. The highest BCUT2D eigenvalue weighted by molar-refractivity contribution is 5.66. The number of aliphatic carboxylic acids is 1. The molecule has 6 nitrogen and oxygen atoms in total. The first kappa shape index (κ1) is 20.6. The van der Waals surface area contributed by atoms with E-state index in [1.54, 1.807) is 0 Å². The normalized spacial score (nSPS) is 29.0. The fourth-order valence-electron chi connectivity index (χ4n) is 4.43. The van der Waals surface area contributed by atoms with Gasteiger partial charge in [-0.1, -0.05) is 32.1 Å². The highest BCUT2D eigenvalue weighted by atomic mass is 16.6. The van der Waals surface area contributed by atoms with E-state index in [4.69, 9.17) is 5.11 Å². The highest BCUT2D eigenvalue weighted by Gasteiger charge is 2.35. The Labute approximate surface area is 151 Å². The Balaban J connectivity index is 1.66. The van der Waals surface area contributed by atoms with Crippen molar-refractivity contribution < 1.29 is 19.7 Å². The minimum Gasteiger partial charge on any atom is -0.632 e. The molecule has 2 fully saturated rings. The first-order valence-electron chi connectivity index (χ1n) is 10.2. The van der Waals surface area contributed by atoms with Crippen LogP contribution in [0.3, 0.4) is 0 Å². The fourth-order valence-corrected chi connectivity index (χ4v) is 4.43. The highest BCUT2D eigenvalue weighted by Crippen LogP contribution is 2.29. The average molecular weight is 357 g/mol. The molecule has 3 N–H and O–H groups in total. The third-order valence-electron chi connectivity index (χ3n) is 6.10. The summed E-state index contributed by atoms with van der Waals surface area (Å²) in [5.41, 5.74) is 0. The molecule has 1 saturated heterocycles. The first-order chi connectivity index (χ1) is 12.0. The summed E-state index contributed by atoms with van der Waals surface area (Å²) in [5, 5.41) is 35.4. The molecule has 3 unspecified atom stereocenters. The molecular formula is C19H36N2O4. The van der Waals surface area contributed by atoms with Crippen LogP contribution in [0, 0.1) is 11.1 Å². The van der Waals surface area contributed by atoms with Gasteiger partial charge in [-0.2, -0.15) is 0 Å². The van der Waals surface area contributed by atoms with E-state index in [9.17, 15) is 15.1 Å². The zero-order chi connectivity index (χ0) is 18.1. The van der Waals surface area contributed by atoms with Crippen molar-refractivity contribution in [1.29, 1.82) is 0 Å².